The van der Waals surface area contributed by atoms with Crippen molar-refractivity contribution in [1.82, 2.24) is 0 Å². The summed E-state index contributed by atoms with van der Waals surface area (Å²) in [5.41, 5.74) is 0.285. The highest BCUT2D eigenvalue weighted by Crippen LogP contribution is 2.10. The number of Topliss-reactive ketones (excluding diaryl/α,β-unsaturated/α-hetero) is 1. The van der Waals surface area contributed by atoms with Gasteiger partial charge in [-0.05, 0) is 24.3 Å². The Morgan fingerprint density at radius 1 is 1.29 bits per heavy atom. The van der Waals surface area contributed by atoms with E-state index in [1.165, 1.54) is 24.3 Å². The smallest absolute Gasteiger partial charge is 0.177 e. The van der Waals surface area contributed by atoms with Crippen LogP contribution in [0.5, 0.6) is 5.75 Å². The molecule has 0 atom stereocenters. The molecule has 1 aromatic carbocycles. The maximum absolute atomic E-state index is 11.3. The average molecular weight is 214 g/mol. The number of sulfone groups is 1. The fourth-order valence-electron chi connectivity index (χ4n) is 0.969. The van der Waals surface area contributed by atoms with Crippen molar-refractivity contribution in [3.05, 3.63) is 29.8 Å². The Kier molecular flexibility index (Phi) is 2.90. The van der Waals surface area contributed by atoms with Gasteiger partial charge in [0.1, 0.15) is 11.5 Å². The Morgan fingerprint density at radius 2 is 1.79 bits per heavy atom. The number of benzene rings is 1. The molecule has 0 unspecified atom stereocenters. The molecule has 0 fully saturated rings. The summed E-state index contributed by atoms with van der Waals surface area (Å²) in [7, 11) is -3.29. The van der Waals surface area contributed by atoms with Gasteiger partial charge in [0.25, 0.3) is 0 Å². The van der Waals surface area contributed by atoms with Gasteiger partial charge < -0.3 is 5.11 Å². The van der Waals surface area contributed by atoms with E-state index in [0.29, 0.717) is 0 Å². The number of carbonyl (C=O) groups is 1. The maximum atomic E-state index is 11.3. The van der Waals surface area contributed by atoms with Crippen LogP contribution in [0, 0.1) is 0 Å². The van der Waals surface area contributed by atoms with E-state index in [9.17, 15) is 13.2 Å². The van der Waals surface area contributed by atoms with E-state index in [-0.39, 0.29) is 11.3 Å². The number of hydrogen-bond acceptors (Lipinski definition) is 4. The third-order valence-electron chi connectivity index (χ3n) is 1.58. The van der Waals surface area contributed by atoms with Gasteiger partial charge in [-0.1, -0.05) is 0 Å². The van der Waals surface area contributed by atoms with Crippen LogP contribution >= 0.6 is 0 Å². The maximum Gasteiger partial charge on any atom is 0.177 e. The molecule has 0 saturated heterocycles. The highest BCUT2D eigenvalue weighted by molar-refractivity contribution is 7.91. The van der Waals surface area contributed by atoms with Crippen LogP contribution in [0.3, 0.4) is 0 Å². The van der Waals surface area contributed by atoms with E-state index in [1.807, 2.05) is 0 Å². The highest BCUT2D eigenvalue weighted by atomic mass is 32.2. The standard InChI is InChI=1S/C9H10O4S/c1-14(12,13)6-9(11)7-2-4-8(10)5-3-7/h2-5,10H,6H2,1H3. The number of phenolic OH excluding ortho intramolecular Hbond substituents is 1. The fraction of sp³-hybridized carbons (Fsp3) is 0.222. The van der Waals surface area contributed by atoms with Crippen molar-refractivity contribution in [2.45, 2.75) is 0 Å². The number of phenols is 1. The number of ketones is 1. The summed E-state index contributed by atoms with van der Waals surface area (Å²) < 4.78 is 21.6. The van der Waals surface area contributed by atoms with Gasteiger partial charge in [0.05, 0.1) is 0 Å². The van der Waals surface area contributed by atoms with E-state index in [4.69, 9.17) is 5.11 Å². The Morgan fingerprint density at radius 3 is 2.21 bits per heavy atom. The lowest BCUT2D eigenvalue weighted by Gasteiger charge is -1.99. The topological polar surface area (TPSA) is 71.4 Å². The molecule has 0 aliphatic rings. The molecule has 0 aromatic heterocycles. The molecule has 0 bridgehead atoms. The number of carbonyl (C=O) groups excluding carboxylic acids is 1. The number of aromatic hydroxyl groups is 1. The van der Waals surface area contributed by atoms with Gasteiger partial charge in [-0.15, -0.1) is 0 Å². The van der Waals surface area contributed by atoms with Crippen LogP contribution in [0.2, 0.25) is 0 Å². The molecule has 0 saturated carbocycles. The van der Waals surface area contributed by atoms with Crippen molar-refractivity contribution >= 4 is 15.6 Å². The lowest BCUT2D eigenvalue weighted by atomic mass is 10.1. The Hall–Kier alpha value is -1.36. The van der Waals surface area contributed by atoms with Gasteiger partial charge in [-0.2, -0.15) is 0 Å². The van der Waals surface area contributed by atoms with E-state index >= 15 is 0 Å². The summed E-state index contributed by atoms with van der Waals surface area (Å²) in [6, 6.07) is 5.47. The molecule has 1 rings (SSSR count). The zero-order valence-electron chi connectivity index (χ0n) is 7.60. The zero-order valence-corrected chi connectivity index (χ0v) is 8.41. The third kappa shape index (κ3) is 3.18. The molecule has 0 aliphatic heterocycles. The Labute approximate surface area is 82.1 Å². The molecule has 0 radical (unpaired) electrons. The predicted octanol–water partition coefficient (Wildman–Crippen LogP) is 0.620. The van der Waals surface area contributed by atoms with Crippen LogP contribution in [0.15, 0.2) is 24.3 Å². The minimum Gasteiger partial charge on any atom is -0.508 e. The molecular formula is C9H10O4S. The summed E-state index contributed by atoms with van der Waals surface area (Å²) in [6.07, 6.45) is 1.01. The summed E-state index contributed by atoms with van der Waals surface area (Å²) in [4.78, 5) is 11.3. The van der Waals surface area contributed by atoms with Gasteiger partial charge in [-0.25, -0.2) is 8.42 Å². The first-order valence-electron chi connectivity index (χ1n) is 3.88. The molecule has 1 aromatic rings. The van der Waals surface area contributed by atoms with Crippen LogP contribution in [0.25, 0.3) is 0 Å². The van der Waals surface area contributed by atoms with Gasteiger partial charge in [0.15, 0.2) is 15.6 Å². The van der Waals surface area contributed by atoms with Gasteiger partial charge in [-0.3, -0.25) is 4.79 Å². The largest absolute Gasteiger partial charge is 0.508 e. The summed E-state index contributed by atoms with van der Waals surface area (Å²) in [6.45, 7) is 0. The molecule has 14 heavy (non-hydrogen) atoms. The monoisotopic (exact) mass is 214 g/mol. The molecular weight excluding hydrogens is 204 g/mol. The lowest BCUT2D eigenvalue weighted by Crippen LogP contribution is -2.14. The summed E-state index contributed by atoms with van der Waals surface area (Å²) in [5, 5.41) is 8.94. The molecule has 5 heteroatoms. The third-order valence-corrected chi connectivity index (χ3v) is 2.37. The fourth-order valence-corrected chi connectivity index (χ4v) is 1.61. The molecule has 4 nitrogen and oxygen atoms in total. The SMILES string of the molecule is CS(=O)(=O)CC(=O)c1ccc(O)cc1. The molecule has 76 valence electrons. The zero-order chi connectivity index (χ0) is 10.8. The number of hydrogen-bond donors (Lipinski definition) is 1. The second-order valence-corrected chi connectivity index (χ2v) is 5.18. The van der Waals surface area contributed by atoms with Crippen LogP contribution < -0.4 is 0 Å². The minimum absolute atomic E-state index is 0.0425. The lowest BCUT2D eigenvalue weighted by molar-refractivity contribution is 0.102. The molecule has 1 N–H and O–H groups in total. The van der Waals surface area contributed by atoms with Gasteiger partial charge in [0, 0.05) is 11.8 Å². The number of rotatable bonds is 3. The van der Waals surface area contributed by atoms with E-state index in [2.05, 4.69) is 0 Å². The van der Waals surface area contributed by atoms with Crippen LogP contribution in [-0.4, -0.2) is 31.3 Å². The summed E-state index contributed by atoms with van der Waals surface area (Å²) >= 11 is 0. The molecule has 0 spiro atoms. The second kappa shape index (κ2) is 3.79. The van der Waals surface area contributed by atoms with Gasteiger partial charge in [0.2, 0.25) is 0 Å². The summed E-state index contributed by atoms with van der Waals surface area (Å²) in [5.74, 6) is -0.925. The van der Waals surface area contributed by atoms with Crippen molar-refractivity contribution in [2.24, 2.45) is 0 Å². The highest BCUT2D eigenvalue weighted by Gasteiger charge is 2.12. The van der Waals surface area contributed by atoms with Crippen LogP contribution in [0.1, 0.15) is 10.4 Å². The average Bonchev–Trinajstić information content (AvgIpc) is 2.02. The second-order valence-electron chi connectivity index (χ2n) is 3.04. The van der Waals surface area contributed by atoms with Crippen molar-refractivity contribution in [3.63, 3.8) is 0 Å². The Balaban J connectivity index is 2.86. The van der Waals surface area contributed by atoms with E-state index in [1.54, 1.807) is 0 Å². The normalized spacial score (nSPS) is 11.2. The van der Waals surface area contributed by atoms with E-state index < -0.39 is 21.4 Å². The predicted molar refractivity (Wildman–Crippen MR) is 52.1 cm³/mol. The quantitative estimate of drug-likeness (QED) is 0.749. The Bertz CT molecular complexity index is 430. The van der Waals surface area contributed by atoms with E-state index in [0.717, 1.165) is 6.26 Å². The first kappa shape index (κ1) is 10.7. The first-order valence-corrected chi connectivity index (χ1v) is 5.94. The first-order chi connectivity index (χ1) is 6.38. The van der Waals surface area contributed by atoms with Crippen LogP contribution in [-0.2, 0) is 9.84 Å². The minimum atomic E-state index is -3.29. The van der Waals surface area contributed by atoms with Crippen molar-refractivity contribution in [3.8, 4) is 5.75 Å². The van der Waals surface area contributed by atoms with Crippen LogP contribution in [0.4, 0.5) is 0 Å². The van der Waals surface area contributed by atoms with Crippen molar-refractivity contribution in [1.29, 1.82) is 0 Å². The van der Waals surface area contributed by atoms with Crippen molar-refractivity contribution < 1.29 is 18.3 Å². The van der Waals surface area contributed by atoms with Crippen molar-refractivity contribution in [2.75, 3.05) is 12.0 Å². The molecule has 0 heterocycles. The van der Waals surface area contributed by atoms with Gasteiger partial charge >= 0.3 is 0 Å². The molecule has 0 aliphatic carbocycles. The molecule has 0 amide bonds.